The van der Waals surface area contributed by atoms with Crippen molar-refractivity contribution in [3.05, 3.63) is 53.1 Å². The third kappa shape index (κ3) is 3.83. The Labute approximate surface area is 160 Å². The van der Waals surface area contributed by atoms with Crippen LogP contribution in [0, 0.1) is 0 Å². The van der Waals surface area contributed by atoms with Gasteiger partial charge in [0.2, 0.25) is 5.88 Å². The second-order valence-corrected chi connectivity index (χ2v) is 5.87. The van der Waals surface area contributed by atoms with Crippen molar-refractivity contribution in [2.75, 3.05) is 26.6 Å². The molecule has 0 unspecified atom stereocenters. The van der Waals surface area contributed by atoms with Gasteiger partial charge in [0.05, 0.1) is 21.3 Å². The van der Waals surface area contributed by atoms with Gasteiger partial charge in [0, 0.05) is 22.3 Å². The zero-order chi connectivity index (χ0) is 19.4. The predicted octanol–water partition coefficient (Wildman–Crippen LogP) is 4.54. The lowest BCUT2D eigenvalue weighted by Crippen LogP contribution is -2.05. The van der Waals surface area contributed by atoms with Crippen molar-refractivity contribution in [2.24, 2.45) is 0 Å². The standard InChI is InChI=1S/C19H17ClN2O5/c1-24-14-8-7-13(10-15(14)25-2)21-18-16(19(23)26-3)17(22-27-18)11-5-4-6-12(20)9-11/h4-10,21H,1-3H3. The number of nitrogens with zero attached hydrogens (tertiary/aromatic N) is 1. The van der Waals surface area contributed by atoms with E-state index in [0.717, 1.165) is 0 Å². The summed E-state index contributed by atoms with van der Waals surface area (Å²) in [5, 5.41) is 7.55. The molecule has 0 aliphatic rings. The van der Waals surface area contributed by atoms with Gasteiger partial charge in [0.1, 0.15) is 5.69 Å². The van der Waals surface area contributed by atoms with Crippen LogP contribution >= 0.6 is 11.6 Å². The quantitative estimate of drug-likeness (QED) is 0.620. The molecule has 3 rings (SSSR count). The average Bonchev–Trinajstić information content (AvgIpc) is 3.10. The molecule has 0 bridgehead atoms. The zero-order valence-corrected chi connectivity index (χ0v) is 15.7. The summed E-state index contributed by atoms with van der Waals surface area (Å²) in [6.45, 7) is 0. The second kappa shape index (κ2) is 8.01. The molecule has 1 N–H and O–H groups in total. The van der Waals surface area contributed by atoms with Crippen LogP contribution in [-0.2, 0) is 4.74 Å². The van der Waals surface area contributed by atoms with Gasteiger partial charge in [-0.25, -0.2) is 4.79 Å². The number of methoxy groups -OCH3 is 3. The molecule has 140 valence electrons. The fraction of sp³-hybridized carbons (Fsp3) is 0.158. The van der Waals surface area contributed by atoms with E-state index < -0.39 is 5.97 Å². The number of carbonyl (C=O) groups is 1. The van der Waals surface area contributed by atoms with Gasteiger partial charge < -0.3 is 24.1 Å². The third-order valence-corrected chi connectivity index (χ3v) is 4.06. The fourth-order valence-electron chi connectivity index (χ4n) is 2.54. The van der Waals surface area contributed by atoms with Crippen LogP contribution in [0.5, 0.6) is 11.5 Å². The van der Waals surface area contributed by atoms with E-state index in [1.807, 2.05) is 0 Å². The highest BCUT2D eigenvalue weighted by Crippen LogP contribution is 2.35. The molecule has 0 aliphatic heterocycles. The van der Waals surface area contributed by atoms with Crippen LogP contribution in [0.1, 0.15) is 10.4 Å². The Hall–Kier alpha value is -3.19. The Morgan fingerprint density at radius 1 is 1.07 bits per heavy atom. The number of rotatable bonds is 6. The highest BCUT2D eigenvalue weighted by molar-refractivity contribution is 6.30. The van der Waals surface area contributed by atoms with Crippen molar-refractivity contribution < 1.29 is 23.5 Å². The molecule has 1 aromatic heterocycles. The minimum absolute atomic E-state index is 0.143. The summed E-state index contributed by atoms with van der Waals surface area (Å²) in [4.78, 5) is 12.3. The van der Waals surface area contributed by atoms with Gasteiger partial charge in [0.25, 0.3) is 0 Å². The highest BCUT2D eigenvalue weighted by Gasteiger charge is 2.25. The van der Waals surface area contributed by atoms with Crippen LogP contribution in [0.25, 0.3) is 11.3 Å². The Morgan fingerprint density at radius 3 is 2.52 bits per heavy atom. The molecule has 0 fully saturated rings. The minimum atomic E-state index is -0.589. The summed E-state index contributed by atoms with van der Waals surface area (Å²) in [6.07, 6.45) is 0. The number of benzene rings is 2. The molecule has 27 heavy (non-hydrogen) atoms. The molecule has 8 heteroatoms. The first-order chi connectivity index (χ1) is 13.1. The molecular formula is C19H17ClN2O5. The number of aromatic nitrogens is 1. The van der Waals surface area contributed by atoms with E-state index in [1.165, 1.54) is 14.2 Å². The monoisotopic (exact) mass is 388 g/mol. The Bertz CT molecular complexity index is 970. The third-order valence-electron chi connectivity index (χ3n) is 3.82. The molecule has 0 aliphatic carbocycles. The largest absolute Gasteiger partial charge is 0.493 e. The number of esters is 1. The molecule has 2 aromatic carbocycles. The topological polar surface area (TPSA) is 82.8 Å². The first-order valence-electron chi connectivity index (χ1n) is 7.90. The molecule has 0 saturated carbocycles. The van der Waals surface area contributed by atoms with E-state index in [0.29, 0.717) is 33.5 Å². The fourth-order valence-corrected chi connectivity index (χ4v) is 2.74. The van der Waals surface area contributed by atoms with E-state index >= 15 is 0 Å². The van der Waals surface area contributed by atoms with Gasteiger partial charge in [-0.1, -0.05) is 28.9 Å². The van der Waals surface area contributed by atoms with Crippen molar-refractivity contribution in [1.82, 2.24) is 5.16 Å². The van der Waals surface area contributed by atoms with Crippen LogP contribution in [0.4, 0.5) is 11.6 Å². The molecule has 0 spiro atoms. The predicted molar refractivity (Wildman–Crippen MR) is 101 cm³/mol. The summed E-state index contributed by atoms with van der Waals surface area (Å²) >= 11 is 6.04. The number of nitrogens with one attached hydrogen (secondary N) is 1. The number of ether oxygens (including phenoxy) is 3. The molecule has 7 nitrogen and oxygen atoms in total. The molecule has 0 atom stereocenters. The maximum atomic E-state index is 12.3. The number of carbonyl (C=O) groups excluding carboxylic acids is 1. The Kier molecular flexibility index (Phi) is 5.52. The van der Waals surface area contributed by atoms with Gasteiger partial charge >= 0.3 is 5.97 Å². The van der Waals surface area contributed by atoms with Gasteiger partial charge in [-0.05, 0) is 24.3 Å². The van der Waals surface area contributed by atoms with Gasteiger partial charge in [-0.2, -0.15) is 0 Å². The van der Waals surface area contributed by atoms with E-state index in [1.54, 1.807) is 49.6 Å². The lowest BCUT2D eigenvalue weighted by molar-refractivity contribution is 0.0602. The number of hydrogen-bond acceptors (Lipinski definition) is 7. The van der Waals surface area contributed by atoms with Gasteiger partial charge in [-0.15, -0.1) is 0 Å². The zero-order valence-electron chi connectivity index (χ0n) is 14.9. The summed E-state index contributed by atoms with van der Waals surface area (Å²) in [5.74, 6) is 0.656. The maximum absolute atomic E-state index is 12.3. The van der Waals surface area contributed by atoms with E-state index in [-0.39, 0.29) is 11.4 Å². The van der Waals surface area contributed by atoms with E-state index in [4.69, 9.17) is 30.3 Å². The lowest BCUT2D eigenvalue weighted by Gasteiger charge is -2.10. The van der Waals surface area contributed by atoms with E-state index in [2.05, 4.69) is 10.5 Å². The minimum Gasteiger partial charge on any atom is -0.493 e. The molecule has 3 aromatic rings. The summed E-state index contributed by atoms with van der Waals surface area (Å²) in [7, 11) is 4.37. The average molecular weight is 389 g/mol. The smallest absolute Gasteiger partial charge is 0.345 e. The molecule has 0 saturated heterocycles. The Balaban J connectivity index is 2.02. The van der Waals surface area contributed by atoms with Crippen molar-refractivity contribution in [3.8, 4) is 22.8 Å². The van der Waals surface area contributed by atoms with Crippen LogP contribution in [0.2, 0.25) is 5.02 Å². The first-order valence-corrected chi connectivity index (χ1v) is 8.28. The van der Waals surface area contributed by atoms with Gasteiger partial charge in [-0.3, -0.25) is 0 Å². The summed E-state index contributed by atoms with van der Waals surface area (Å²) in [6, 6.07) is 12.1. The second-order valence-electron chi connectivity index (χ2n) is 5.43. The lowest BCUT2D eigenvalue weighted by atomic mass is 10.1. The number of anilines is 2. The normalized spacial score (nSPS) is 10.4. The molecule has 0 radical (unpaired) electrons. The van der Waals surface area contributed by atoms with Crippen molar-refractivity contribution in [1.29, 1.82) is 0 Å². The number of hydrogen-bond donors (Lipinski definition) is 1. The molecular weight excluding hydrogens is 372 g/mol. The van der Waals surface area contributed by atoms with Crippen LogP contribution in [0.3, 0.4) is 0 Å². The molecule has 1 heterocycles. The van der Waals surface area contributed by atoms with Crippen molar-refractivity contribution >= 4 is 29.1 Å². The van der Waals surface area contributed by atoms with Crippen molar-refractivity contribution in [2.45, 2.75) is 0 Å². The maximum Gasteiger partial charge on any atom is 0.345 e. The Morgan fingerprint density at radius 2 is 1.85 bits per heavy atom. The first kappa shape index (κ1) is 18.6. The van der Waals surface area contributed by atoms with Crippen LogP contribution in [-0.4, -0.2) is 32.5 Å². The molecule has 0 amide bonds. The van der Waals surface area contributed by atoms with E-state index in [9.17, 15) is 4.79 Å². The van der Waals surface area contributed by atoms with Crippen molar-refractivity contribution in [3.63, 3.8) is 0 Å². The summed E-state index contributed by atoms with van der Waals surface area (Å²) in [5.41, 5.74) is 1.74. The SMILES string of the molecule is COC(=O)c1c(-c2cccc(Cl)c2)noc1Nc1ccc(OC)c(OC)c1. The van der Waals surface area contributed by atoms with Crippen LogP contribution < -0.4 is 14.8 Å². The summed E-state index contributed by atoms with van der Waals surface area (Å²) < 4.78 is 20.8. The number of halogens is 1. The highest BCUT2D eigenvalue weighted by atomic mass is 35.5. The van der Waals surface area contributed by atoms with Gasteiger partial charge in [0.15, 0.2) is 17.1 Å². The van der Waals surface area contributed by atoms with Crippen LogP contribution in [0.15, 0.2) is 47.0 Å².